The second-order valence-corrected chi connectivity index (χ2v) is 10.7. The number of methoxy groups -OCH3 is 1. The highest BCUT2D eigenvalue weighted by Gasteiger charge is 2.29. The van der Waals surface area contributed by atoms with Crippen LogP contribution in [0.4, 0.5) is 10.7 Å². The molecule has 38 heavy (non-hydrogen) atoms. The number of amides is 1. The Hall–Kier alpha value is -3.80. The van der Waals surface area contributed by atoms with E-state index in [4.69, 9.17) is 14.2 Å². The van der Waals surface area contributed by atoms with Crippen molar-refractivity contribution in [3.8, 4) is 28.6 Å². The zero-order valence-electron chi connectivity index (χ0n) is 21.9. The number of nitrogens with zero attached hydrogens (tertiary/aromatic N) is 4. The van der Waals surface area contributed by atoms with Crippen molar-refractivity contribution in [1.82, 2.24) is 19.7 Å². The summed E-state index contributed by atoms with van der Waals surface area (Å²) in [6.45, 7) is 7.03. The first-order chi connectivity index (χ1) is 18.2. The number of piperidine rings is 1. The summed E-state index contributed by atoms with van der Waals surface area (Å²) in [5.41, 5.74) is 0.621. The molecule has 1 unspecified atom stereocenters. The quantitative estimate of drug-likeness (QED) is 0.410. The molecule has 1 fully saturated rings. The highest BCUT2D eigenvalue weighted by molar-refractivity contribution is 7.73. The van der Waals surface area contributed by atoms with Crippen LogP contribution in [0.2, 0.25) is 0 Å². The number of carbonyl (C=O) groups is 1. The molecule has 0 bridgehead atoms. The van der Waals surface area contributed by atoms with Gasteiger partial charge in [0.1, 0.15) is 22.8 Å². The maximum absolute atomic E-state index is 12.6. The van der Waals surface area contributed by atoms with E-state index in [1.165, 1.54) is 7.11 Å². The summed E-state index contributed by atoms with van der Waals surface area (Å²) in [7, 11) is -1.48. The zero-order chi connectivity index (χ0) is 27.3. The normalized spacial score (nSPS) is 15.8. The maximum Gasteiger partial charge on any atom is 0.410 e. The molecule has 2 heterocycles. The Morgan fingerprint density at radius 1 is 1.08 bits per heavy atom. The fraction of sp³-hybridized carbons (Fsp3) is 0.423. The lowest BCUT2D eigenvalue weighted by atomic mass is 9.99. The standard InChI is InChI=1S/C26H33N5O6S/c1-26(2,3)37-25(32)30-15-9-10-18(16-30)17-36-21-14-8-13-20(35-4)22(21)31-23(19-11-6-5-7-12-19)27-28-24(31)29-38(33)34/h5-8,11-14,18,38H,9-10,15-17H2,1-4H3,(H,28,29,33,34). The third kappa shape index (κ3) is 6.55. The number of hydrogen-bond donors (Lipinski definition) is 2. The smallest absolute Gasteiger partial charge is 0.410 e. The van der Waals surface area contributed by atoms with Crippen molar-refractivity contribution in [3.63, 3.8) is 0 Å². The molecule has 3 aromatic rings. The van der Waals surface area contributed by atoms with Crippen LogP contribution >= 0.6 is 0 Å². The maximum atomic E-state index is 12.6. The Kier molecular flexibility index (Phi) is 8.40. The Morgan fingerprint density at radius 3 is 2.50 bits per heavy atom. The van der Waals surface area contributed by atoms with Crippen LogP contribution in [0, 0.1) is 5.92 Å². The Balaban J connectivity index is 1.65. The van der Waals surface area contributed by atoms with Crippen molar-refractivity contribution in [1.29, 1.82) is 0 Å². The van der Waals surface area contributed by atoms with Gasteiger partial charge in [-0.3, -0.25) is 9.29 Å². The number of carbonyl (C=O) groups excluding carboxylic acids is 1. The van der Waals surface area contributed by atoms with Crippen LogP contribution in [0.1, 0.15) is 33.6 Å². The third-order valence-corrected chi connectivity index (χ3v) is 6.32. The van der Waals surface area contributed by atoms with E-state index in [9.17, 15) is 13.2 Å². The van der Waals surface area contributed by atoms with E-state index in [2.05, 4.69) is 14.9 Å². The van der Waals surface area contributed by atoms with E-state index in [0.717, 1.165) is 18.4 Å². The highest BCUT2D eigenvalue weighted by atomic mass is 32.2. The lowest BCUT2D eigenvalue weighted by Gasteiger charge is -2.34. The van der Waals surface area contributed by atoms with Gasteiger partial charge in [-0.25, -0.2) is 13.2 Å². The van der Waals surface area contributed by atoms with Gasteiger partial charge in [0.05, 0.1) is 13.7 Å². The van der Waals surface area contributed by atoms with Gasteiger partial charge in [-0.15, -0.1) is 10.2 Å². The first kappa shape index (κ1) is 27.2. The molecule has 0 spiro atoms. The molecule has 1 aromatic heterocycles. The van der Waals surface area contributed by atoms with Crippen LogP contribution in [0.5, 0.6) is 11.5 Å². The van der Waals surface area contributed by atoms with Gasteiger partial charge in [0.15, 0.2) is 5.82 Å². The van der Waals surface area contributed by atoms with E-state index in [-0.39, 0.29) is 18.0 Å². The van der Waals surface area contributed by atoms with E-state index in [1.54, 1.807) is 27.7 Å². The molecule has 1 atom stereocenters. The van der Waals surface area contributed by atoms with Gasteiger partial charge in [-0.2, -0.15) is 0 Å². The monoisotopic (exact) mass is 543 g/mol. The van der Waals surface area contributed by atoms with Crippen LogP contribution in [-0.2, 0) is 15.6 Å². The van der Waals surface area contributed by atoms with E-state index in [1.807, 2.05) is 51.1 Å². The summed E-state index contributed by atoms with van der Waals surface area (Å²) in [5, 5.41) is 8.34. The number of hydrogen-bond acceptors (Lipinski definition) is 8. The second-order valence-electron chi connectivity index (χ2n) is 9.97. The molecule has 1 aliphatic heterocycles. The molecule has 2 aromatic carbocycles. The molecule has 0 radical (unpaired) electrons. The van der Waals surface area contributed by atoms with Crippen LogP contribution < -0.4 is 14.2 Å². The lowest BCUT2D eigenvalue weighted by Crippen LogP contribution is -2.44. The van der Waals surface area contributed by atoms with Gasteiger partial charge in [-0.1, -0.05) is 36.4 Å². The van der Waals surface area contributed by atoms with Gasteiger partial charge < -0.3 is 19.1 Å². The number of aromatic nitrogens is 3. The predicted octanol–water partition coefficient (Wildman–Crippen LogP) is 3.91. The molecule has 204 valence electrons. The molecule has 1 amide bonds. The number of rotatable bonds is 8. The van der Waals surface area contributed by atoms with Crippen molar-refractivity contribution in [2.45, 2.75) is 39.2 Å². The van der Waals surface area contributed by atoms with Crippen LogP contribution in [0.3, 0.4) is 0 Å². The summed E-state index contributed by atoms with van der Waals surface area (Å²) in [5.74, 6) is 1.40. The minimum absolute atomic E-state index is 0.00285. The van der Waals surface area contributed by atoms with Gasteiger partial charge in [0.25, 0.3) is 0 Å². The highest BCUT2D eigenvalue weighted by Crippen LogP contribution is 2.38. The van der Waals surface area contributed by atoms with Crippen LogP contribution in [-0.4, -0.2) is 66.6 Å². The van der Waals surface area contributed by atoms with Crippen molar-refractivity contribution >= 4 is 22.9 Å². The molecule has 1 N–H and O–H groups in total. The van der Waals surface area contributed by atoms with Crippen molar-refractivity contribution < 1.29 is 27.4 Å². The topological polar surface area (TPSA) is 125 Å². The average molecular weight is 544 g/mol. The van der Waals surface area contributed by atoms with Crippen LogP contribution in [0.25, 0.3) is 17.1 Å². The Labute approximate surface area is 223 Å². The first-order valence-electron chi connectivity index (χ1n) is 12.4. The van der Waals surface area contributed by atoms with Gasteiger partial charge in [0, 0.05) is 24.6 Å². The Morgan fingerprint density at radius 2 is 1.82 bits per heavy atom. The molecule has 11 nitrogen and oxygen atoms in total. The summed E-state index contributed by atoms with van der Waals surface area (Å²) in [4.78, 5) is 14.3. The number of para-hydroxylation sites is 1. The van der Waals surface area contributed by atoms with Gasteiger partial charge >= 0.3 is 6.09 Å². The van der Waals surface area contributed by atoms with Crippen molar-refractivity contribution in [3.05, 3.63) is 48.5 Å². The van der Waals surface area contributed by atoms with Crippen molar-refractivity contribution in [2.24, 2.45) is 5.92 Å². The zero-order valence-corrected chi connectivity index (χ0v) is 22.8. The molecule has 1 saturated heterocycles. The van der Waals surface area contributed by atoms with E-state index in [0.29, 0.717) is 42.7 Å². The predicted molar refractivity (Wildman–Crippen MR) is 143 cm³/mol. The number of anilines is 1. The number of likely N-dealkylation sites (tertiary alicyclic amines) is 1. The average Bonchev–Trinajstić information content (AvgIpc) is 3.29. The van der Waals surface area contributed by atoms with Gasteiger partial charge in [0.2, 0.25) is 16.8 Å². The van der Waals surface area contributed by atoms with E-state index < -0.39 is 16.5 Å². The number of thiol groups is 1. The molecular weight excluding hydrogens is 510 g/mol. The van der Waals surface area contributed by atoms with Gasteiger partial charge in [-0.05, 0) is 45.7 Å². The third-order valence-electron chi connectivity index (χ3n) is 5.94. The Bertz CT molecular complexity index is 1330. The molecule has 0 saturated carbocycles. The molecule has 4 rings (SSSR count). The van der Waals surface area contributed by atoms with Crippen LogP contribution in [0.15, 0.2) is 48.5 Å². The molecule has 12 heteroatoms. The number of ether oxygens (including phenoxy) is 3. The number of benzene rings is 2. The fourth-order valence-corrected chi connectivity index (χ4v) is 4.64. The minimum atomic E-state index is -3.01. The summed E-state index contributed by atoms with van der Waals surface area (Å²) in [6, 6.07) is 14.6. The largest absolute Gasteiger partial charge is 0.494 e. The lowest BCUT2D eigenvalue weighted by molar-refractivity contribution is 0.0139. The fourth-order valence-electron chi connectivity index (χ4n) is 4.33. The summed E-state index contributed by atoms with van der Waals surface area (Å²) >= 11 is 0. The molecule has 1 aliphatic rings. The second kappa shape index (κ2) is 11.7. The summed E-state index contributed by atoms with van der Waals surface area (Å²) in [6.07, 6.45) is 1.40. The van der Waals surface area contributed by atoms with E-state index >= 15 is 0 Å². The minimum Gasteiger partial charge on any atom is -0.494 e. The molecular formula is C26H33N5O6S. The van der Waals surface area contributed by atoms with Crippen molar-refractivity contribution in [2.75, 3.05) is 31.5 Å². The molecule has 0 aliphatic carbocycles. The first-order valence-corrected chi connectivity index (χ1v) is 13.5. The summed E-state index contributed by atoms with van der Waals surface area (Å²) < 4.78 is 44.6. The SMILES string of the molecule is COc1cccc(OCC2CCCN(C(=O)OC(C)(C)C)C2)c1-n1c(N[SH](=O)=O)nnc1-c1ccccc1. The number of nitrogens with one attached hydrogen (secondary N) is 1.